The molecule has 0 bridgehead atoms. The largest absolute Gasteiger partial charge is 0.396 e. The van der Waals surface area contributed by atoms with E-state index in [2.05, 4.69) is 58.7 Å². The summed E-state index contributed by atoms with van der Waals surface area (Å²) in [7, 11) is 0. The minimum absolute atomic E-state index is 0.228. The van der Waals surface area contributed by atoms with Gasteiger partial charge in [-0.25, -0.2) is 0 Å². The highest BCUT2D eigenvalue weighted by molar-refractivity contribution is 5.47. The molecule has 0 aromatic heterocycles. The maximum absolute atomic E-state index is 9.34. The molecule has 1 aliphatic heterocycles. The summed E-state index contributed by atoms with van der Waals surface area (Å²) in [4.78, 5) is 2.49. The summed E-state index contributed by atoms with van der Waals surface area (Å²) in [6, 6.07) is 19.5. The third-order valence-electron chi connectivity index (χ3n) is 5.13. The molecule has 1 fully saturated rings. The van der Waals surface area contributed by atoms with Crippen molar-refractivity contribution >= 4 is 5.69 Å². The van der Waals surface area contributed by atoms with E-state index in [9.17, 15) is 5.11 Å². The van der Waals surface area contributed by atoms with Gasteiger partial charge in [-0.2, -0.15) is 0 Å². The lowest BCUT2D eigenvalue weighted by Crippen LogP contribution is -2.29. The van der Waals surface area contributed by atoms with E-state index in [4.69, 9.17) is 0 Å². The zero-order chi connectivity index (χ0) is 17.3. The van der Waals surface area contributed by atoms with Gasteiger partial charge < -0.3 is 15.3 Å². The lowest BCUT2D eigenvalue weighted by atomic mass is 9.96. The number of benzene rings is 2. The van der Waals surface area contributed by atoms with E-state index in [0.717, 1.165) is 19.5 Å². The molecule has 0 saturated carbocycles. The van der Waals surface area contributed by atoms with Gasteiger partial charge in [-0.15, -0.1) is 0 Å². The zero-order valence-corrected chi connectivity index (χ0v) is 15.0. The average molecular weight is 338 g/mol. The smallest absolute Gasteiger partial charge is 0.0437 e. The predicted octanol–water partition coefficient (Wildman–Crippen LogP) is 3.93. The van der Waals surface area contributed by atoms with E-state index < -0.39 is 0 Å². The van der Waals surface area contributed by atoms with Crippen LogP contribution in [0.5, 0.6) is 0 Å². The molecule has 2 N–H and O–H groups in total. The molecule has 1 saturated heterocycles. The van der Waals surface area contributed by atoms with Crippen molar-refractivity contribution in [1.82, 2.24) is 5.32 Å². The first-order valence-corrected chi connectivity index (χ1v) is 9.57. The van der Waals surface area contributed by atoms with Crippen molar-refractivity contribution in [2.45, 2.75) is 38.1 Å². The highest BCUT2D eigenvalue weighted by Gasteiger charge is 2.12. The second kappa shape index (κ2) is 9.59. The Labute approximate surface area is 151 Å². The Morgan fingerprint density at radius 3 is 2.32 bits per heavy atom. The Morgan fingerprint density at radius 1 is 0.920 bits per heavy atom. The van der Waals surface area contributed by atoms with Gasteiger partial charge >= 0.3 is 0 Å². The number of rotatable bonds is 8. The number of hydrogen-bond donors (Lipinski definition) is 2. The molecule has 2 aromatic rings. The van der Waals surface area contributed by atoms with Crippen molar-refractivity contribution in [1.29, 1.82) is 0 Å². The molecule has 25 heavy (non-hydrogen) atoms. The number of nitrogens with zero attached hydrogens (tertiary/aromatic N) is 1. The molecule has 1 aliphatic rings. The molecule has 3 nitrogen and oxygen atoms in total. The number of aliphatic hydroxyl groups is 1. The second-order valence-electron chi connectivity index (χ2n) is 6.96. The second-order valence-corrected chi connectivity index (χ2v) is 6.96. The molecular weight excluding hydrogens is 308 g/mol. The van der Waals surface area contributed by atoms with Crippen LogP contribution in [-0.4, -0.2) is 31.3 Å². The third-order valence-corrected chi connectivity index (χ3v) is 5.13. The van der Waals surface area contributed by atoms with Crippen molar-refractivity contribution in [3.05, 3.63) is 65.7 Å². The van der Waals surface area contributed by atoms with Gasteiger partial charge in [0.25, 0.3) is 0 Å². The minimum atomic E-state index is 0.228. The molecule has 0 spiro atoms. The molecule has 2 aromatic carbocycles. The fraction of sp³-hybridized carbons (Fsp3) is 0.455. The Hall–Kier alpha value is -1.84. The fourth-order valence-corrected chi connectivity index (χ4v) is 3.64. The molecule has 3 rings (SSSR count). The Kier molecular flexibility index (Phi) is 6.89. The van der Waals surface area contributed by atoms with E-state index in [0.29, 0.717) is 5.92 Å². The minimum Gasteiger partial charge on any atom is -0.396 e. The maximum atomic E-state index is 9.34. The van der Waals surface area contributed by atoms with Crippen molar-refractivity contribution in [2.75, 3.05) is 31.1 Å². The molecule has 0 amide bonds. The summed E-state index contributed by atoms with van der Waals surface area (Å²) in [6.45, 7) is 4.37. The lowest BCUT2D eigenvalue weighted by Gasteiger charge is -2.28. The van der Waals surface area contributed by atoms with E-state index in [1.807, 2.05) is 6.07 Å². The van der Waals surface area contributed by atoms with Crippen LogP contribution in [0.15, 0.2) is 54.6 Å². The van der Waals surface area contributed by atoms with Crippen LogP contribution in [0.1, 0.15) is 42.7 Å². The summed E-state index contributed by atoms with van der Waals surface area (Å²) in [5.41, 5.74) is 3.96. The van der Waals surface area contributed by atoms with Gasteiger partial charge in [0.05, 0.1) is 0 Å². The highest BCUT2D eigenvalue weighted by Crippen LogP contribution is 2.21. The molecule has 134 valence electrons. The number of nitrogens with one attached hydrogen (secondary N) is 1. The summed E-state index contributed by atoms with van der Waals surface area (Å²) >= 11 is 0. The highest BCUT2D eigenvalue weighted by atomic mass is 16.3. The van der Waals surface area contributed by atoms with E-state index in [1.165, 1.54) is 49.2 Å². The Morgan fingerprint density at radius 2 is 1.64 bits per heavy atom. The van der Waals surface area contributed by atoms with Crippen molar-refractivity contribution < 1.29 is 5.11 Å². The van der Waals surface area contributed by atoms with Gasteiger partial charge in [0, 0.05) is 38.5 Å². The van der Waals surface area contributed by atoms with Crippen molar-refractivity contribution in [3.63, 3.8) is 0 Å². The zero-order valence-electron chi connectivity index (χ0n) is 15.0. The molecule has 1 heterocycles. The van der Waals surface area contributed by atoms with Gasteiger partial charge in [0.1, 0.15) is 0 Å². The molecule has 1 unspecified atom stereocenters. The number of hydrogen-bond acceptors (Lipinski definition) is 3. The Balaban J connectivity index is 1.50. The van der Waals surface area contributed by atoms with Crippen LogP contribution in [0.2, 0.25) is 0 Å². The van der Waals surface area contributed by atoms with Crippen molar-refractivity contribution in [3.8, 4) is 0 Å². The fourth-order valence-electron chi connectivity index (χ4n) is 3.64. The van der Waals surface area contributed by atoms with E-state index in [1.54, 1.807) is 0 Å². The number of anilines is 1. The van der Waals surface area contributed by atoms with Gasteiger partial charge in [-0.05, 0) is 54.9 Å². The van der Waals surface area contributed by atoms with E-state index in [-0.39, 0.29) is 6.61 Å². The van der Waals surface area contributed by atoms with Gasteiger partial charge in [0.15, 0.2) is 0 Å². The van der Waals surface area contributed by atoms with Crippen LogP contribution >= 0.6 is 0 Å². The van der Waals surface area contributed by atoms with Gasteiger partial charge in [0.2, 0.25) is 0 Å². The van der Waals surface area contributed by atoms with Crippen LogP contribution < -0.4 is 10.2 Å². The topological polar surface area (TPSA) is 35.5 Å². The summed E-state index contributed by atoms with van der Waals surface area (Å²) in [6.07, 6.45) is 4.80. The first-order chi connectivity index (χ1) is 12.4. The quantitative estimate of drug-likeness (QED) is 0.765. The molecule has 0 radical (unpaired) electrons. The van der Waals surface area contributed by atoms with Crippen molar-refractivity contribution in [2.24, 2.45) is 0 Å². The number of aliphatic hydroxyl groups excluding tert-OH is 1. The maximum Gasteiger partial charge on any atom is 0.0437 e. The molecular formula is C22H30N2O. The summed E-state index contributed by atoms with van der Waals surface area (Å²) in [5.74, 6) is 0.360. The monoisotopic (exact) mass is 338 g/mol. The lowest BCUT2D eigenvalue weighted by molar-refractivity contribution is 0.273. The average Bonchev–Trinajstić information content (AvgIpc) is 2.69. The molecule has 1 atom stereocenters. The molecule has 3 heteroatoms. The van der Waals surface area contributed by atoms with Crippen LogP contribution in [0.3, 0.4) is 0 Å². The third kappa shape index (κ3) is 5.32. The Bertz CT molecular complexity index is 606. The first-order valence-electron chi connectivity index (χ1n) is 9.57. The van der Waals surface area contributed by atoms with Crippen LogP contribution in [-0.2, 0) is 6.54 Å². The summed E-state index contributed by atoms with van der Waals surface area (Å²) < 4.78 is 0. The predicted molar refractivity (Wildman–Crippen MR) is 105 cm³/mol. The summed E-state index contributed by atoms with van der Waals surface area (Å²) in [5, 5.41) is 12.9. The first kappa shape index (κ1) is 18.0. The SMILES string of the molecule is OCCC(CNCc1ccc(N2CCCCC2)cc1)c1ccccc1. The van der Waals surface area contributed by atoms with Crippen LogP contribution in [0, 0.1) is 0 Å². The normalized spacial score (nSPS) is 16.0. The van der Waals surface area contributed by atoms with Gasteiger partial charge in [-0.1, -0.05) is 42.5 Å². The van der Waals surface area contributed by atoms with Gasteiger partial charge in [-0.3, -0.25) is 0 Å². The van der Waals surface area contributed by atoms with E-state index >= 15 is 0 Å². The number of piperidine rings is 1. The standard InChI is InChI=1S/C22H30N2O/c25-16-13-21(20-7-3-1-4-8-20)18-23-17-19-9-11-22(12-10-19)24-14-5-2-6-15-24/h1,3-4,7-12,21,23,25H,2,5-6,13-18H2. The van der Waals surface area contributed by atoms with Crippen LogP contribution in [0.25, 0.3) is 0 Å². The molecule has 0 aliphatic carbocycles. The van der Waals surface area contributed by atoms with Crippen LogP contribution in [0.4, 0.5) is 5.69 Å².